The number of ether oxygens (including phenoxy) is 2. The van der Waals surface area contributed by atoms with Gasteiger partial charge in [0.05, 0.1) is 25.0 Å². The zero-order chi connectivity index (χ0) is 50.0. The molecule has 70 heavy (non-hydrogen) atoms. The molecule has 4 aromatic rings. The minimum Gasteiger partial charge on any atom is -0.465 e. The molecular formula is C55H83N11O4. The number of aryl methyl sites for hydroxylation is 2. The molecule has 15 heteroatoms. The Bertz CT molecular complexity index is 2240. The molecule has 2 aromatic heterocycles. The third kappa shape index (κ3) is 15.8. The van der Waals surface area contributed by atoms with Gasteiger partial charge in [0, 0.05) is 54.5 Å². The van der Waals surface area contributed by atoms with E-state index in [9.17, 15) is 9.59 Å². The van der Waals surface area contributed by atoms with Crippen molar-refractivity contribution in [1.29, 1.82) is 0 Å². The summed E-state index contributed by atoms with van der Waals surface area (Å²) >= 11 is 0. The number of rotatable bonds is 26. The van der Waals surface area contributed by atoms with Crippen LogP contribution in [-0.2, 0) is 31.9 Å². The van der Waals surface area contributed by atoms with Gasteiger partial charge < -0.3 is 46.3 Å². The van der Waals surface area contributed by atoms with Crippen LogP contribution in [0.25, 0.3) is 0 Å². The second-order valence-corrected chi connectivity index (χ2v) is 20.0. The Hall–Kier alpha value is -5.38. The predicted molar refractivity (Wildman–Crippen MR) is 282 cm³/mol. The average molecular weight is 962 g/mol. The molecule has 2 aliphatic heterocycles. The third-order valence-corrected chi connectivity index (χ3v) is 14.3. The zero-order valence-corrected chi connectivity index (χ0v) is 43.4. The predicted octanol–water partition coefficient (Wildman–Crippen LogP) is 8.15. The van der Waals surface area contributed by atoms with Crippen LogP contribution < -0.4 is 22.1 Å². The maximum absolute atomic E-state index is 14.8. The van der Waals surface area contributed by atoms with Crippen molar-refractivity contribution >= 4 is 35.5 Å². The maximum atomic E-state index is 14.8. The van der Waals surface area contributed by atoms with Gasteiger partial charge in [-0.25, -0.2) is 9.97 Å². The summed E-state index contributed by atoms with van der Waals surface area (Å²) in [6.07, 6.45) is 12.3. The monoisotopic (exact) mass is 962 g/mol. The molecule has 0 bridgehead atoms. The first-order valence-corrected chi connectivity index (χ1v) is 26.1. The maximum Gasteiger partial charge on any atom is 0.314 e. The summed E-state index contributed by atoms with van der Waals surface area (Å²) < 4.78 is 12.5. The van der Waals surface area contributed by atoms with E-state index in [0.717, 1.165) is 162 Å². The number of hydrogen-bond acceptors (Lipinski definition) is 15. The van der Waals surface area contributed by atoms with Crippen LogP contribution in [0.3, 0.4) is 0 Å². The van der Waals surface area contributed by atoms with E-state index in [4.69, 9.17) is 20.9 Å². The lowest BCUT2D eigenvalue weighted by atomic mass is 9.80. The Kier molecular flexibility index (Phi) is 21.0. The number of benzene rings is 2. The Labute approximate surface area is 418 Å². The molecule has 2 fully saturated rings. The molecule has 0 aliphatic carbocycles. The van der Waals surface area contributed by atoms with Gasteiger partial charge in [0.1, 0.15) is 11.6 Å². The van der Waals surface area contributed by atoms with Crippen LogP contribution in [0.15, 0.2) is 48.5 Å². The molecule has 2 saturated heterocycles. The van der Waals surface area contributed by atoms with Crippen LogP contribution in [0, 0.1) is 19.8 Å². The molecular weight excluding hydrogens is 879 g/mol. The smallest absolute Gasteiger partial charge is 0.314 e. The van der Waals surface area contributed by atoms with Crippen LogP contribution in [0.4, 0.5) is 23.5 Å². The summed E-state index contributed by atoms with van der Waals surface area (Å²) in [5.41, 5.74) is 19.2. The van der Waals surface area contributed by atoms with E-state index in [1.54, 1.807) is 0 Å². The van der Waals surface area contributed by atoms with Gasteiger partial charge in [-0.1, -0.05) is 81.6 Å². The first kappa shape index (κ1) is 54.0. The standard InChI is InChI=1S/C55H83N11O4/c1-8-10-12-28-59-51-47(39(4)61-55(57)63-51)36-40-15-19-43(20-16-40)48(52(67)69-34-14-13-29-66-32-25-45(26-33-66)64(5)6)49(53(68)70-37-42-23-30-65(7)31-24-42)44-21-17-41(18-22-44)35-46-38(3)60-54(56)62-50(46)58-27-11-9-2/h15-22,42,45,48-49H,8-14,23-37H2,1-7H3,(H3,56,58,60,62)(H3,57,59,61,63). The van der Waals surface area contributed by atoms with Gasteiger partial charge in [0.15, 0.2) is 0 Å². The van der Waals surface area contributed by atoms with Gasteiger partial charge in [0.2, 0.25) is 11.9 Å². The Morgan fingerprint density at radius 1 is 0.671 bits per heavy atom. The van der Waals surface area contributed by atoms with Crippen LogP contribution in [0.2, 0.25) is 0 Å². The van der Waals surface area contributed by atoms with Gasteiger partial charge in [-0.3, -0.25) is 9.59 Å². The summed E-state index contributed by atoms with van der Waals surface area (Å²) in [5, 5.41) is 6.97. The lowest BCUT2D eigenvalue weighted by Gasteiger charge is -2.35. The zero-order valence-electron chi connectivity index (χ0n) is 43.4. The number of likely N-dealkylation sites (tertiary alicyclic amines) is 2. The van der Waals surface area contributed by atoms with E-state index in [1.165, 1.54) is 0 Å². The largest absolute Gasteiger partial charge is 0.465 e. The van der Waals surface area contributed by atoms with Crippen molar-refractivity contribution in [1.82, 2.24) is 34.6 Å². The molecule has 6 N–H and O–H groups in total. The second kappa shape index (κ2) is 27.3. The fraction of sp³-hybridized carbons (Fsp3) is 0.600. The minimum atomic E-state index is -0.963. The van der Waals surface area contributed by atoms with Crippen molar-refractivity contribution in [3.05, 3.63) is 93.3 Å². The van der Waals surface area contributed by atoms with Crippen molar-refractivity contribution in [2.75, 3.05) is 102 Å². The number of carbonyl (C=O) groups is 2. The molecule has 2 unspecified atom stereocenters. The van der Waals surface area contributed by atoms with E-state index in [1.807, 2.05) is 62.4 Å². The first-order valence-electron chi connectivity index (χ1n) is 26.1. The molecule has 15 nitrogen and oxygen atoms in total. The number of nitrogens with one attached hydrogen (secondary N) is 2. The summed E-state index contributed by atoms with van der Waals surface area (Å²) in [6, 6.07) is 16.6. The number of hydrogen-bond donors (Lipinski definition) is 4. The number of nitrogens with two attached hydrogens (primary N) is 2. The topological polar surface area (TPSA) is 190 Å². The van der Waals surface area contributed by atoms with Gasteiger partial charge in [0.25, 0.3) is 0 Å². The highest BCUT2D eigenvalue weighted by molar-refractivity contribution is 5.90. The van der Waals surface area contributed by atoms with Gasteiger partial charge in [-0.15, -0.1) is 0 Å². The Balaban J connectivity index is 1.29. The van der Waals surface area contributed by atoms with Crippen LogP contribution in [0.1, 0.15) is 141 Å². The fourth-order valence-corrected chi connectivity index (χ4v) is 9.82. The SMILES string of the molecule is CCCCCNc1nc(N)nc(C)c1Cc1ccc(C(C(=O)OCCCCN2CCC(N(C)C)CC2)C(C(=O)OCC2CCN(C)CC2)c2ccc(Cc3c(C)nc(N)nc3NCCCC)cc2)cc1. The van der Waals surface area contributed by atoms with E-state index in [2.05, 4.69) is 80.3 Å². The number of anilines is 4. The van der Waals surface area contributed by atoms with Gasteiger partial charge in [-0.2, -0.15) is 9.97 Å². The highest BCUT2D eigenvalue weighted by atomic mass is 16.5. The number of nitrogens with zero attached hydrogens (tertiary/aromatic N) is 7. The van der Waals surface area contributed by atoms with E-state index < -0.39 is 23.8 Å². The molecule has 2 aromatic carbocycles. The van der Waals surface area contributed by atoms with E-state index >= 15 is 0 Å². The Morgan fingerprint density at radius 2 is 1.17 bits per heavy atom. The number of unbranched alkanes of at least 4 members (excludes halogenated alkanes) is 4. The molecule has 0 amide bonds. The lowest BCUT2D eigenvalue weighted by molar-refractivity contribution is -0.155. The molecule has 0 spiro atoms. The quantitative estimate of drug-likeness (QED) is 0.0348. The summed E-state index contributed by atoms with van der Waals surface area (Å²) in [5.74, 6) is -0.607. The molecule has 6 rings (SSSR count). The van der Waals surface area contributed by atoms with E-state index in [-0.39, 0.29) is 24.4 Å². The molecule has 0 radical (unpaired) electrons. The van der Waals surface area contributed by atoms with Crippen molar-refractivity contribution in [2.24, 2.45) is 5.92 Å². The van der Waals surface area contributed by atoms with Gasteiger partial charge in [-0.05, 0) is 147 Å². The average Bonchev–Trinajstić information content (AvgIpc) is 3.34. The van der Waals surface area contributed by atoms with Gasteiger partial charge >= 0.3 is 11.9 Å². The summed E-state index contributed by atoms with van der Waals surface area (Å²) in [4.78, 5) is 54.9. The molecule has 2 aliphatic rings. The van der Waals surface area contributed by atoms with Crippen molar-refractivity contribution in [3.8, 4) is 0 Å². The lowest BCUT2D eigenvalue weighted by Crippen LogP contribution is -2.42. The molecule has 2 atom stereocenters. The number of esters is 2. The van der Waals surface area contributed by atoms with Crippen LogP contribution in [-0.4, -0.2) is 133 Å². The normalized spacial score (nSPS) is 16.0. The van der Waals surface area contributed by atoms with Crippen molar-refractivity contribution in [2.45, 2.75) is 129 Å². The molecule has 4 heterocycles. The number of nitrogen functional groups attached to an aromatic ring is 2. The highest BCUT2D eigenvalue weighted by Crippen LogP contribution is 2.37. The molecule has 0 saturated carbocycles. The van der Waals surface area contributed by atoms with Crippen molar-refractivity contribution in [3.63, 3.8) is 0 Å². The Morgan fingerprint density at radius 3 is 1.67 bits per heavy atom. The van der Waals surface area contributed by atoms with Crippen molar-refractivity contribution < 1.29 is 19.1 Å². The first-order chi connectivity index (χ1) is 33.8. The number of piperidine rings is 2. The minimum absolute atomic E-state index is 0.234. The highest BCUT2D eigenvalue weighted by Gasteiger charge is 2.39. The summed E-state index contributed by atoms with van der Waals surface area (Å²) in [6.45, 7) is 15.4. The fourth-order valence-electron chi connectivity index (χ4n) is 9.82. The number of aromatic nitrogens is 4. The van der Waals surface area contributed by atoms with E-state index in [0.29, 0.717) is 36.6 Å². The summed E-state index contributed by atoms with van der Waals surface area (Å²) in [7, 11) is 6.45. The van der Waals surface area contributed by atoms with Crippen LogP contribution in [0.5, 0.6) is 0 Å². The molecule has 382 valence electrons. The number of carbonyl (C=O) groups excluding carboxylic acids is 2. The third-order valence-electron chi connectivity index (χ3n) is 14.3. The van der Waals surface area contributed by atoms with Crippen LogP contribution >= 0.6 is 0 Å². The second-order valence-electron chi connectivity index (χ2n) is 20.0.